The fraction of sp³-hybridized carbons (Fsp3) is 0.148. The second-order valence-electron chi connectivity index (χ2n) is 7.57. The highest BCUT2D eigenvalue weighted by molar-refractivity contribution is 7.15. The minimum atomic E-state index is -0.758. The molecule has 0 aliphatic carbocycles. The van der Waals surface area contributed by atoms with Crippen LogP contribution in [0.1, 0.15) is 34.2 Å². The number of oxime groups is 1. The topological polar surface area (TPSA) is 83.8 Å². The van der Waals surface area contributed by atoms with Crippen molar-refractivity contribution in [3.63, 3.8) is 0 Å². The van der Waals surface area contributed by atoms with Gasteiger partial charge in [-0.25, -0.2) is 9.78 Å². The maximum absolute atomic E-state index is 12.3. The molecule has 34 heavy (non-hydrogen) atoms. The normalized spacial score (nSPS) is 11.8. The van der Waals surface area contributed by atoms with Crippen LogP contribution in [-0.2, 0) is 15.1 Å². The zero-order valence-corrected chi connectivity index (χ0v) is 19.8. The highest BCUT2D eigenvalue weighted by Crippen LogP contribution is 2.41. The van der Waals surface area contributed by atoms with E-state index in [-0.39, 0.29) is 18.0 Å². The molecule has 1 aromatic heterocycles. The Kier molecular flexibility index (Phi) is 7.04. The molecule has 0 saturated carbocycles. The van der Waals surface area contributed by atoms with Gasteiger partial charge in [0.2, 0.25) is 5.71 Å². The second kappa shape index (κ2) is 10.3. The molecule has 0 spiro atoms. The first-order valence-electron chi connectivity index (χ1n) is 10.9. The van der Waals surface area contributed by atoms with E-state index in [2.05, 4.69) is 51.9 Å². The summed E-state index contributed by atoms with van der Waals surface area (Å²) in [6, 6.07) is 30.5. The summed E-state index contributed by atoms with van der Waals surface area (Å²) in [5.41, 5.74) is 2.41. The molecule has 0 atom stereocenters. The number of anilines is 1. The van der Waals surface area contributed by atoms with Crippen LogP contribution in [0.3, 0.4) is 0 Å². The van der Waals surface area contributed by atoms with Gasteiger partial charge in [-0.3, -0.25) is 0 Å². The van der Waals surface area contributed by atoms with Crippen LogP contribution in [-0.4, -0.2) is 28.5 Å². The van der Waals surface area contributed by atoms with Gasteiger partial charge in [0.05, 0.1) is 6.61 Å². The van der Waals surface area contributed by atoms with Crippen molar-refractivity contribution in [1.82, 2.24) is 4.98 Å². The lowest BCUT2D eigenvalue weighted by Gasteiger charge is -2.36. The molecule has 0 saturated heterocycles. The van der Waals surface area contributed by atoms with Crippen molar-refractivity contribution in [2.75, 3.05) is 11.9 Å². The summed E-state index contributed by atoms with van der Waals surface area (Å²) in [7, 11) is 0. The summed E-state index contributed by atoms with van der Waals surface area (Å²) in [5, 5.41) is 16.9. The van der Waals surface area contributed by atoms with Crippen molar-refractivity contribution in [2.45, 2.75) is 19.4 Å². The average molecular weight is 472 g/mol. The van der Waals surface area contributed by atoms with Gasteiger partial charge in [-0.1, -0.05) is 96.2 Å². The number of hydrogen-bond acceptors (Lipinski definition) is 7. The predicted molar refractivity (Wildman–Crippen MR) is 135 cm³/mol. The van der Waals surface area contributed by atoms with Crippen LogP contribution < -0.4 is 5.32 Å². The Hall–Kier alpha value is -3.97. The van der Waals surface area contributed by atoms with E-state index in [9.17, 15) is 10.0 Å². The molecule has 6 nitrogen and oxygen atoms in total. The van der Waals surface area contributed by atoms with Gasteiger partial charge in [-0.05, 0) is 30.5 Å². The summed E-state index contributed by atoms with van der Waals surface area (Å²) in [6.07, 6.45) is 0. The summed E-state index contributed by atoms with van der Waals surface area (Å²) >= 11 is 1.38. The number of esters is 1. The molecular weight excluding hydrogens is 446 g/mol. The van der Waals surface area contributed by atoms with E-state index < -0.39 is 11.5 Å². The third kappa shape index (κ3) is 4.43. The van der Waals surface area contributed by atoms with Crippen LogP contribution in [0.5, 0.6) is 0 Å². The van der Waals surface area contributed by atoms with E-state index in [1.54, 1.807) is 6.92 Å². The average Bonchev–Trinajstić information content (AvgIpc) is 3.24. The minimum Gasteiger partial charge on any atom is -0.461 e. The molecule has 2 N–H and O–H groups in total. The molecule has 0 radical (unpaired) electrons. The highest BCUT2D eigenvalue weighted by atomic mass is 32.1. The Labute approximate surface area is 202 Å². The number of rotatable bonds is 8. The van der Waals surface area contributed by atoms with Crippen LogP contribution in [0.15, 0.2) is 96.2 Å². The van der Waals surface area contributed by atoms with E-state index >= 15 is 0 Å². The number of hydrogen-bond donors (Lipinski definition) is 2. The molecule has 0 fully saturated rings. The summed E-state index contributed by atoms with van der Waals surface area (Å²) < 4.78 is 5.04. The Morgan fingerprint density at radius 1 is 0.941 bits per heavy atom. The van der Waals surface area contributed by atoms with Gasteiger partial charge in [0.1, 0.15) is 11.2 Å². The van der Waals surface area contributed by atoms with Gasteiger partial charge in [-0.2, -0.15) is 0 Å². The Morgan fingerprint density at radius 3 is 1.82 bits per heavy atom. The van der Waals surface area contributed by atoms with Crippen LogP contribution in [0.4, 0.5) is 5.13 Å². The van der Waals surface area contributed by atoms with E-state index in [0.29, 0.717) is 5.13 Å². The molecule has 4 aromatic rings. The van der Waals surface area contributed by atoms with Crippen molar-refractivity contribution < 1.29 is 14.7 Å². The molecule has 0 aliphatic rings. The standard InChI is InChI=1S/C27H25N3O3S/c1-3-33-25(31)24(30-32)23-19(2)34-26(28-23)29-27(20-13-7-4-8-14-20,21-15-9-5-10-16-21)22-17-11-6-12-18-22/h4-18,32H,3H2,1-2H3,(H,28,29). The smallest absolute Gasteiger partial charge is 0.362 e. The Bertz CT molecular complexity index is 1180. The lowest BCUT2D eigenvalue weighted by atomic mass is 9.77. The molecule has 3 aromatic carbocycles. The molecule has 0 amide bonds. The monoisotopic (exact) mass is 471 g/mol. The fourth-order valence-corrected chi connectivity index (χ4v) is 4.87. The van der Waals surface area contributed by atoms with E-state index in [1.807, 2.05) is 61.5 Å². The zero-order chi connectivity index (χ0) is 24.0. The number of carbonyl (C=O) groups excluding carboxylic acids is 1. The second-order valence-corrected chi connectivity index (χ2v) is 8.77. The Morgan fingerprint density at radius 2 is 1.41 bits per heavy atom. The zero-order valence-electron chi connectivity index (χ0n) is 18.9. The molecular formula is C27H25N3O3S. The third-order valence-corrected chi connectivity index (χ3v) is 6.39. The van der Waals surface area contributed by atoms with Crippen molar-refractivity contribution in [2.24, 2.45) is 5.16 Å². The predicted octanol–water partition coefficient (Wildman–Crippen LogP) is 5.60. The van der Waals surface area contributed by atoms with E-state index in [4.69, 9.17) is 4.74 Å². The molecule has 7 heteroatoms. The quantitative estimate of drug-likeness (QED) is 0.115. The number of aromatic nitrogens is 1. The minimum absolute atomic E-state index is 0.172. The van der Waals surface area contributed by atoms with Gasteiger partial charge >= 0.3 is 5.97 Å². The first-order valence-corrected chi connectivity index (χ1v) is 11.7. The first kappa shape index (κ1) is 23.2. The highest BCUT2D eigenvalue weighted by Gasteiger charge is 2.37. The number of benzene rings is 3. The number of aryl methyl sites for hydroxylation is 1. The van der Waals surface area contributed by atoms with Gasteiger partial charge in [0.15, 0.2) is 5.13 Å². The van der Waals surface area contributed by atoms with Crippen molar-refractivity contribution in [1.29, 1.82) is 0 Å². The van der Waals surface area contributed by atoms with Crippen molar-refractivity contribution in [3.05, 3.63) is 118 Å². The first-order chi connectivity index (χ1) is 16.6. The van der Waals surface area contributed by atoms with Gasteiger partial charge < -0.3 is 15.3 Å². The van der Waals surface area contributed by atoms with Gasteiger partial charge in [-0.15, -0.1) is 11.3 Å². The lowest BCUT2D eigenvalue weighted by Crippen LogP contribution is -2.38. The maximum Gasteiger partial charge on any atom is 0.362 e. The molecule has 4 rings (SSSR count). The van der Waals surface area contributed by atoms with Crippen LogP contribution in [0.25, 0.3) is 0 Å². The molecule has 1 heterocycles. The molecule has 0 bridgehead atoms. The molecule has 0 unspecified atom stereocenters. The summed E-state index contributed by atoms with van der Waals surface area (Å²) in [6.45, 7) is 3.70. The van der Waals surface area contributed by atoms with Crippen LogP contribution in [0, 0.1) is 6.92 Å². The SMILES string of the molecule is CCOC(=O)C(=NO)c1nc(NC(c2ccccc2)(c2ccccc2)c2ccccc2)sc1C. The number of carbonyl (C=O) groups is 1. The van der Waals surface area contributed by atoms with E-state index in [1.165, 1.54) is 11.3 Å². The number of nitrogens with one attached hydrogen (secondary N) is 1. The molecule has 0 aliphatic heterocycles. The lowest BCUT2D eigenvalue weighted by molar-refractivity contribution is -0.135. The largest absolute Gasteiger partial charge is 0.461 e. The van der Waals surface area contributed by atoms with Gasteiger partial charge in [0.25, 0.3) is 0 Å². The Balaban J connectivity index is 1.89. The van der Waals surface area contributed by atoms with Crippen molar-refractivity contribution in [3.8, 4) is 0 Å². The van der Waals surface area contributed by atoms with Crippen molar-refractivity contribution >= 4 is 28.1 Å². The maximum atomic E-state index is 12.3. The van der Waals surface area contributed by atoms with Crippen LogP contribution >= 0.6 is 11.3 Å². The van der Waals surface area contributed by atoms with Gasteiger partial charge in [0, 0.05) is 4.88 Å². The summed E-state index contributed by atoms with van der Waals surface area (Å²) in [5.74, 6) is -0.717. The fourth-order valence-electron chi connectivity index (χ4n) is 4.00. The van der Waals surface area contributed by atoms with Crippen LogP contribution in [0.2, 0.25) is 0 Å². The summed E-state index contributed by atoms with van der Waals surface area (Å²) in [4.78, 5) is 17.7. The number of nitrogens with zero attached hydrogens (tertiary/aromatic N) is 2. The number of ether oxygens (including phenoxy) is 1. The molecule has 172 valence electrons. The number of thiazole rings is 1. The third-order valence-electron chi connectivity index (χ3n) is 5.50. The van der Waals surface area contributed by atoms with E-state index in [0.717, 1.165) is 21.6 Å².